The second-order valence-electron chi connectivity index (χ2n) is 9.90. The number of aliphatic hydroxyl groups excluding tert-OH is 1. The van der Waals surface area contributed by atoms with Crippen molar-refractivity contribution < 1.29 is 31.8 Å². The highest BCUT2D eigenvalue weighted by atomic mass is 32.2. The van der Waals surface area contributed by atoms with Crippen LogP contribution in [0.25, 0.3) is 0 Å². The van der Waals surface area contributed by atoms with E-state index in [1.54, 1.807) is 30.3 Å². The van der Waals surface area contributed by atoms with Crippen LogP contribution >= 0.6 is 0 Å². The number of hydrogen-bond donors (Lipinski definition) is 5. The predicted molar refractivity (Wildman–Crippen MR) is 152 cm³/mol. The van der Waals surface area contributed by atoms with Crippen molar-refractivity contribution in [2.24, 2.45) is 0 Å². The number of aliphatic hydroxyl groups is 1. The number of nitrogens with one attached hydrogen (secondary N) is 3. The van der Waals surface area contributed by atoms with Crippen LogP contribution in [-0.2, 0) is 26.5 Å². The first-order valence-corrected chi connectivity index (χ1v) is 15.6. The number of anilines is 2. The second-order valence-corrected chi connectivity index (χ2v) is 13.3. The van der Waals surface area contributed by atoms with E-state index in [2.05, 4.69) is 14.8 Å². The average molecular weight is 578 g/mol. The molecular formula is C27H35N3O7S2. The van der Waals surface area contributed by atoms with Crippen molar-refractivity contribution in [2.75, 3.05) is 28.9 Å². The summed E-state index contributed by atoms with van der Waals surface area (Å²) in [4.78, 5) is 0.200. The molecule has 0 aliphatic carbocycles. The topological polar surface area (TPSA) is 154 Å². The molecule has 1 unspecified atom stereocenters. The highest BCUT2D eigenvalue weighted by Gasteiger charge is 2.19. The van der Waals surface area contributed by atoms with Gasteiger partial charge in [0.05, 0.1) is 16.8 Å². The smallest absolute Gasteiger partial charge is 0.261 e. The highest BCUT2D eigenvalue weighted by Crippen LogP contribution is 2.28. The van der Waals surface area contributed by atoms with Gasteiger partial charge < -0.3 is 20.3 Å². The molecule has 0 aliphatic rings. The molecule has 3 aromatic carbocycles. The first-order valence-electron chi connectivity index (χ1n) is 12.3. The molecule has 0 saturated carbocycles. The van der Waals surface area contributed by atoms with Crippen molar-refractivity contribution in [1.29, 1.82) is 0 Å². The zero-order valence-corrected chi connectivity index (χ0v) is 23.7. The van der Waals surface area contributed by atoms with Gasteiger partial charge in [-0.3, -0.25) is 9.44 Å². The number of ether oxygens (including phenoxy) is 1. The van der Waals surface area contributed by atoms with Crippen LogP contribution in [0.15, 0.2) is 77.7 Å². The van der Waals surface area contributed by atoms with E-state index in [1.165, 1.54) is 30.3 Å². The number of aromatic hydroxyl groups is 1. The Balaban J connectivity index is 1.45. The van der Waals surface area contributed by atoms with Crippen molar-refractivity contribution in [1.82, 2.24) is 5.32 Å². The van der Waals surface area contributed by atoms with Gasteiger partial charge in [-0.05, 0) is 68.7 Å². The molecule has 212 valence electrons. The van der Waals surface area contributed by atoms with Crippen molar-refractivity contribution in [3.8, 4) is 11.5 Å². The molecule has 3 rings (SSSR count). The summed E-state index contributed by atoms with van der Waals surface area (Å²) in [7, 11) is -7.21. The molecule has 0 amide bonds. The summed E-state index contributed by atoms with van der Waals surface area (Å²) in [6.07, 6.45) is 1.64. The Kier molecular flexibility index (Phi) is 9.83. The van der Waals surface area contributed by atoms with Crippen molar-refractivity contribution in [3.63, 3.8) is 0 Å². The van der Waals surface area contributed by atoms with E-state index in [1.807, 2.05) is 26.0 Å². The van der Waals surface area contributed by atoms with Crippen LogP contribution in [0.3, 0.4) is 0 Å². The minimum Gasteiger partial charge on any atom is -0.506 e. The Morgan fingerprint density at radius 3 is 2.23 bits per heavy atom. The highest BCUT2D eigenvalue weighted by molar-refractivity contribution is 7.92. The van der Waals surface area contributed by atoms with Gasteiger partial charge in [-0.25, -0.2) is 16.8 Å². The number of benzene rings is 3. The number of β-amino-alcohol motifs (C(OH)–C–C–N with tert-alkyl or cyclic N) is 1. The summed E-state index contributed by atoms with van der Waals surface area (Å²) in [6.45, 7) is 4.27. The third kappa shape index (κ3) is 10.1. The molecule has 5 N–H and O–H groups in total. The van der Waals surface area contributed by atoms with E-state index >= 15 is 0 Å². The maximum atomic E-state index is 12.5. The van der Waals surface area contributed by atoms with Crippen LogP contribution in [0.2, 0.25) is 0 Å². The Hall–Kier alpha value is -3.32. The molecule has 3 aromatic rings. The molecular weight excluding hydrogens is 542 g/mol. The molecule has 0 heterocycles. The van der Waals surface area contributed by atoms with Gasteiger partial charge in [-0.2, -0.15) is 0 Å². The van der Waals surface area contributed by atoms with Crippen LogP contribution in [0.1, 0.15) is 25.8 Å². The standard InChI is InChI=1S/C27H35N3O7S2/c1-27(2,28-18-22(31)19-37-23-13-14-26(32)25(17-23)30-38(3,33)34)16-15-20-9-11-21(12-10-20)29-39(35,36)24-7-5-4-6-8-24/h4-14,17,22,28-32H,15-16,18-19H2,1-3H3. The summed E-state index contributed by atoms with van der Waals surface area (Å²) in [5.41, 5.74) is 1.21. The lowest BCUT2D eigenvalue weighted by Gasteiger charge is -2.28. The van der Waals surface area contributed by atoms with Gasteiger partial charge in [-0.1, -0.05) is 30.3 Å². The molecule has 39 heavy (non-hydrogen) atoms. The largest absolute Gasteiger partial charge is 0.506 e. The van der Waals surface area contributed by atoms with Crippen molar-refractivity contribution in [3.05, 3.63) is 78.4 Å². The summed E-state index contributed by atoms with van der Waals surface area (Å²) in [6, 6.07) is 19.5. The molecule has 0 bridgehead atoms. The first kappa shape index (κ1) is 30.2. The van der Waals surface area contributed by atoms with Gasteiger partial charge in [0.1, 0.15) is 24.2 Å². The lowest BCUT2D eigenvalue weighted by atomic mass is 9.95. The van der Waals surface area contributed by atoms with Gasteiger partial charge in [0.25, 0.3) is 10.0 Å². The first-order chi connectivity index (χ1) is 18.2. The quantitative estimate of drug-likeness (QED) is 0.183. The summed E-state index contributed by atoms with van der Waals surface area (Å²) in [5, 5.41) is 23.5. The fourth-order valence-corrected chi connectivity index (χ4v) is 5.27. The Bertz CT molecular complexity index is 1440. The summed E-state index contributed by atoms with van der Waals surface area (Å²) in [5.74, 6) is 0.0617. The van der Waals surface area contributed by atoms with E-state index in [0.29, 0.717) is 11.4 Å². The third-order valence-corrected chi connectivity index (χ3v) is 7.81. The molecule has 0 aromatic heterocycles. The fourth-order valence-electron chi connectivity index (χ4n) is 3.63. The Labute approximate surface area is 230 Å². The molecule has 0 radical (unpaired) electrons. The third-order valence-electron chi connectivity index (χ3n) is 5.82. The van der Waals surface area contributed by atoms with Crippen LogP contribution in [0, 0.1) is 0 Å². The molecule has 12 heteroatoms. The summed E-state index contributed by atoms with van der Waals surface area (Å²) >= 11 is 0. The van der Waals surface area contributed by atoms with Crippen LogP contribution < -0.4 is 19.5 Å². The number of hydrogen-bond acceptors (Lipinski definition) is 8. The zero-order chi connectivity index (χ0) is 28.7. The zero-order valence-electron chi connectivity index (χ0n) is 22.1. The molecule has 0 aliphatic heterocycles. The fraction of sp³-hybridized carbons (Fsp3) is 0.333. The minimum atomic E-state index is -3.64. The minimum absolute atomic E-state index is 0.00891. The van der Waals surface area contributed by atoms with Gasteiger partial charge >= 0.3 is 0 Å². The number of phenols is 1. The SMILES string of the molecule is CC(C)(CCc1ccc(NS(=O)(=O)c2ccccc2)cc1)NCC(O)COc1ccc(O)c(NS(C)(=O)=O)c1. The molecule has 1 atom stereocenters. The Morgan fingerprint density at radius 1 is 0.923 bits per heavy atom. The van der Waals surface area contributed by atoms with Crippen molar-refractivity contribution >= 4 is 31.4 Å². The maximum absolute atomic E-state index is 12.5. The lowest BCUT2D eigenvalue weighted by molar-refractivity contribution is 0.0982. The van der Waals surface area contributed by atoms with Crippen LogP contribution in [0.5, 0.6) is 11.5 Å². The normalized spacial score (nSPS) is 13.0. The average Bonchev–Trinajstić information content (AvgIpc) is 2.87. The Morgan fingerprint density at radius 2 is 1.59 bits per heavy atom. The van der Waals surface area contributed by atoms with E-state index in [0.717, 1.165) is 24.7 Å². The van der Waals surface area contributed by atoms with Crippen molar-refractivity contribution in [2.45, 2.75) is 43.2 Å². The van der Waals surface area contributed by atoms with Gasteiger partial charge in [-0.15, -0.1) is 0 Å². The number of rotatable bonds is 14. The summed E-state index contributed by atoms with van der Waals surface area (Å²) < 4.78 is 58.2. The van der Waals surface area contributed by atoms with Crippen LogP contribution in [-0.4, -0.2) is 58.1 Å². The number of phenolic OH excluding ortho intramolecular Hbond substituents is 1. The van der Waals surface area contributed by atoms with E-state index in [4.69, 9.17) is 4.74 Å². The van der Waals surface area contributed by atoms with E-state index in [-0.39, 0.29) is 35.0 Å². The molecule has 0 saturated heterocycles. The lowest BCUT2D eigenvalue weighted by Crippen LogP contribution is -2.45. The van der Waals surface area contributed by atoms with E-state index < -0.39 is 26.2 Å². The van der Waals surface area contributed by atoms with Gasteiger partial charge in [0.2, 0.25) is 10.0 Å². The molecule has 0 spiro atoms. The predicted octanol–water partition coefficient (Wildman–Crippen LogP) is 3.31. The monoisotopic (exact) mass is 577 g/mol. The van der Waals surface area contributed by atoms with Crippen LogP contribution in [0.4, 0.5) is 11.4 Å². The number of sulfonamides is 2. The maximum Gasteiger partial charge on any atom is 0.261 e. The molecule has 10 nitrogen and oxygen atoms in total. The van der Waals surface area contributed by atoms with Gasteiger partial charge in [0, 0.05) is 23.8 Å². The van der Waals surface area contributed by atoms with Gasteiger partial charge in [0.15, 0.2) is 0 Å². The number of aryl methyl sites for hydroxylation is 1. The second kappa shape index (κ2) is 12.7. The van der Waals surface area contributed by atoms with E-state index in [9.17, 15) is 27.0 Å². The molecule has 0 fully saturated rings.